The Morgan fingerprint density at radius 2 is 1.04 bits per heavy atom. The summed E-state index contributed by atoms with van der Waals surface area (Å²) in [4.78, 5) is 13.1. The molecule has 1 unspecified atom stereocenters. The van der Waals surface area contributed by atoms with Crippen LogP contribution < -0.4 is 0 Å². The number of hydrogen-bond acceptors (Lipinski definition) is 3. The zero-order valence-corrected chi connectivity index (χ0v) is 43.3. The molecule has 0 aromatic rings. The first-order valence-corrected chi connectivity index (χ1v) is 33.5. The molecule has 0 N–H and O–H groups in total. The van der Waals surface area contributed by atoms with Gasteiger partial charge in [-0.15, -0.1) is 0 Å². The van der Waals surface area contributed by atoms with E-state index in [-0.39, 0.29) is 0 Å². The summed E-state index contributed by atoms with van der Waals surface area (Å²) in [5.41, 5.74) is 0. The van der Waals surface area contributed by atoms with Crippen LogP contribution >= 0.6 is 0 Å². The predicted molar refractivity (Wildman–Crippen MR) is 254 cm³/mol. The van der Waals surface area contributed by atoms with E-state index in [0.717, 1.165) is 59.6 Å². The summed E-state index contributed by atoms with van der Waals surface area (Å²) in [6.07, 6.45) is 29.9. The molecule has 0 saturated heterocycles. The molecule has 0 aliphatic carbocycles. The summed E-state index contributed by atoms with van der Waals surface area (Å²) in [6.45, 7) is 26.9. The summed E-state index contributed by atoms with van der Waals surface area (Å²) in [7, 11) is 4.26. The quantitative estimate of drug-likeness (QED) is 0.0351. The van der Waals surface area contributed by atoms with E-state index >= 15 is 0 Å². The molecule has 55 heavy (non-hydrogen) atoms. The monoisotopic (exact) mass is 829 g/mol. The van der Waals surface area contributed by atoms with Crippen LogP contribution in [0.4, 0.5) is 0 Å². The lowest BCUT2D eigenvalue weighted by atomic mass is 10.0. The van der Waals surface area contributed by atoms with E-state index in [0.29, 0.717) is 12.3 Å². The van der Waals surface area contributed by atoms with Gasteiger partial charge in [0.1, 0.15) is 6.54 Å². The number of unbranched alkanes of at least 4 members (excludes halogenated alkanes) is 16. The van der Waals surface area contributed by atoms with Gasteiger partial charge >= 0.3 is 0 Å². The first-order valence-electron chi connectivity index (χ1n) is 24.2. The Balaban J connectivity index is 4.60. The third-order valence-electron chi connectivity index (χ3n) is 12.6. The van der Waals surface area contributed by atoms with Gasteiger partial charge in [0, 0.05) is 19.3 Å². The molecule has 0 aromatic carbocycles. The van der Waals surface area contributed by atoms with Gasteiger partial charge in [-0.25, -0.2) is 0 Å². The van der Waals surface area contributed by atoms with Crippen molar-refractivity contribution >= 4 is 30.5 Å². The van der Waals surface area contributed by atoms with Crippen molar-refractivity contribution in [3.8, 4) is 0 Å². The van der Waals surface area contributed by atoms with Crippen molar-refractivity contribution in [3.05, 3.63) is 0 Å². The molecular weight excluding hydrogens is 725 g/mol. The molecule has 5 nitrogen and oxygen atoms in total. The minimum absolute atomic E-state index is 0.457. The van der Waals surface area contributed by atoms with Crippen LogP contribution in [0.3, 0.4) is 0 Å². The molecular formula is C47H104N2O3Si3+2. The number of likely N-dealkylation sites (N-methyl/N-ethyl adjacent to an activating group) is 1. The number of carbonyl (C=O) groups is 1. The van der Waals surface area contributed by atoms with Crippen molar-refractivity contribution < 1.29 is 22.6 Å². The van der Waals surface area contributed by atoms with Gasteiger partial charge in [-0.2, -0.15) is 0 Å². The molecule has 8 heteroatoms. The zero-order valence-electron chi connectivity index (χ0n) is 40.3. The normalized spacial score (nSPS) is 14.2. The van der Waals surface area contributed by atoms with Crippen LogP contribution in [0.15, 0.2) is 0 Å². The van der Waals surface area contributed by atoms with E-state index in [1.54, 1.807) is 0 Å². The van der Waals surface area contributed by atoms with Crippen molar-refractivity contribution in [1.29, 1.82) is 0 Å². The van der Waals surface area contributed by atoms with Gasteiger partial charge in [0.2, 0.25) is 0 Å². The Labute approximate surface area is 350 Å². The van der Waals surface area contributed by atoms with Crippen molar-refractivity contribution in [1.82, 2.24) is 0 Å². The number of carbonyl (C=O) groups excluding carboxylic acids is 1. The summed E-state index contributed by atoms with van der Waals surface area (Å²) in [6, 6.07) is 4.95. The van der Waals surface area contributed by atoms with E-state index in [1.807, 2.05) is 0 Å². The molecule has 0 amide bonds. The highest BCUT2D eigenvalue weighted by Crippen LogP contribution is 2.27. The molecule has 0 fully saturated rings. The zero-order chi connectivity index (χ0) is 41.7. The second kappa shape index (κ2) is 31.1. The molecule has 0 rings (SSSR count). The summed E-state index contributed by atoms with van der Waals surface area (Å²) < 4.78 is 15.8. The number of rotatable bonds is 40. The maximum atomic E-state index is 13.1. The first-order chi connectivity index (χ1) is 25.8. The Morgan fingerprint density at radius 1 is 0.545 bits per heavy atom. The highest BCUT2D eigenvalue weighted by molar-refractivity contribution is 6.79. The van der Waals surface area contributed by atoms with Gasteiger partial charge in [-0.3, -0.25) is 4.79 Å². The minimum Gasteiger partial charge on any atom is -0.420 e. The van der Waals surface area contributed by atoms with Gasteiger partial charge in [-0.1, -0.05) is 143 Å². The van der Waals surface area contributed by atoms with Crippen molar-refractivity contribution in [2.45, 2.75) is 226 Å². The molecule has 0 spiro atoms. The van der Waals surface area contributed by atoms with E-state index in [4.69, 9.17) is 8.85 Å². The number of nitrogens with zero attached hydrogens (tertiary/aromatic N) is 2. The van der Waals surface area contributed by atoms with Crippen LogP contribution in [-0.4, -0.2) is 107 Å². The van der Waals surface area contributed by atoms with Crippen LogP contribution in [0.2, 0.25) is 56.9 Å². The standard InChI is InChI=1S/C47H104N2O3Si3/c1-14-16-17-18-19-20-21-22-23-24-25-26-27-30-38-49(7,8)44-47(50)36-29-28-32-42-55(13,52-45-53(9,10)40-34-35-46(3)4)43-39-51-54(11,12)41-33-31-37-48(5,6)15-2/h46H,14-45H2,1-13H3/q+2. The van der Waals surface area contributed by atoms with Gasteiger partial charge < -0.3 is 17.8 Å². The lowest BCUT2D eigenvalue weighted by Gasteiger charge is -2.34. The largest absolute Gasteiger partial charge is 0.420 e. The average Bonchev–Trinajstić information content (AvgIpc) is 3.09. The smallest absolute Gasteiger partial charge is 0.191 e. The van der Waals surface area contributed by atoms with Crippen LogP contribution in [0.1, 0.15) is 169 Å². The van der Waals surface area contributed by atoms with Crippen LogP contribution in [-0.2, 0) is 13.6 Å². The van der Waals surface area contributed by atoms with Gasteiger partial charge in [0.15, 0.2) is 22.4 Å². The highest BCUT2D eigenvalue weighted by Gasteiger charge is 2.33. The van der Waals surface area contributed by atoms with Crippen molar-refractivity contribution in [3.63, 3.8) is 0 Å². The minimum atomic E-state index is -1.90. The third-order valence-corrected chi connectivity index (χ3v) is 21.6. The Kier molecular flexibility index (Phi) is 31.2. The van der Waals surface area contributed by atoms with E-state index in [1.165, 1.54) is 153 Å². The third kappa shape index (κ3) is 34.7. The van der Waals surface area contributed by atoms with E-state index in [9.17, 15) is 4.79 Å². The molecule has 0 aromatic heterocycles. The predicted octanol–water partition coefficient (Wildman–Crippen LogP) is 14.0. The van der Waals surface area contributed by atoms with Gasteiger partial charge in [0.05, 0.1) is 55.9 Å². The molecule has 0 radical (unpaired) electrons. The number of hydrogen-bond donors (Lipinski definition) is 0. The number of Topliss-reactive ketones (excluding diaryl/α,β-unsaturated/α-hetero) is 1. The lowest BCUT2D eigenvalue weighted by molar-refractivity contribution is -0.888. The van der Waals surface area contributed by atoms with E-state index in [2.05, 4.69) is 88.6 Å². The fourth-order valence-corrected chi connectivity index (χ4v) is 16.4. The number of quaternary nitrogens is 2. The van der Waals surface area contributed by atoms with Crippen molar-refractivity contribution in [2.24, 2.45) is 5.92 Å². The molecule has 0 aliphatic heterocycles. The van der Waals surface area contributed by atoms with Crippen molar-refractivity contribution in [2.75, 3.05) is 67.2 Å². The van der Waals surface area contributed by atoms with Gasteiger partial charge in [-0.05, 0) is 82.7 Å². The van der Waals surface area contributed by atoms with Crippen LogP contribution in [0, 0.1) is 5.92 Å². The molecule has 0 heterocycles. The summed E-state index contributed by atoms with van der Waals surface area (Å²) in [5.74, 6) is 1.25. The summed E-state index contributed by atoms with van der Waals surface area (Å²) >= 11 is 0. The fraction of sp³-hybridized carbons (Fsp3) is 0.979. The maximum absolute atomic E-state index is 13.1. The average molecular weight is 830 g/mol. The van der Waals surface area contributed by atoms with Gasteiger partial charge in [0.25, 0.3) is 0 Å². The molecule has 0 saturated carbocycles. The summed E-state index contributed by atoms with van der Waals surface area (Å²) in [5, 5.41) is 0. The Hall–Kier alpha value is 0.161. The fourth-order valence-electron chi connectivity index (χ4n) is 7.93. The molecule has 0 aliphatic rings. The second-order valence-electron chi connectivity index (χ2n) is 21.5. The molecule has 0 bridgehead atoms. The Bertz CT molecular complexity index is 927. The van der Waals surface area contributed by atoms with Crippen LogP contribution in [0.5, 0.6) is 0 Å². The number of ketones is 1. The SMILES string of the molecule is CCCCCCCCCCCCCCCC[N+](C)(C)CC(=O)CCCCC[Si](C)(CCO[Si](C)(C)CCCC[N+](C)(C)CC)OC[Si](C)(C)CCCC(C)C. The Morgan fingerprint density at radius 3 is 1.58 bits per heavy atom. The maximum Gasteiger partial charge on any atom is 0.191 e. The topological polar surface area (TPSA) is 35.5 Å². The second-order valence-corrected chi connectivity index (χ2v) is 35.1. The molecule has 1 atom stereocenters. The van der Waals surface area contributed by atoms with Crippen LogP contribution in [0.25, 0.3) is 0 Å². The van der Waals surface area contributed by atoms with E-state index < -0.39 is 24.7 Å². The molecule has 330 valence electrons. The highest BCUT2D eigenvalue weighted by atomic mass is 28.4. The lowest BCUT2D eigenvalue weighted by Crippen LogP contribution is -2.44. The first kappa shape index (κ1) is 55.2.